The van der Waals surface area contributed by atoms with Gasteiger partial charge in [-0.1, -0.05) is 88.4 Å². The zero-order chi connectivity index (χ0) is 29.2. The molecule has 4 N–H and O–H groups in total. The summed E-state index contributed by atoms with van der Waals surface area (Å²) in [4.78, 5) is 30.8. The maximum atomic E-state index is 13.3. The van der Waals surface area contributed by atoms with Gasteiger partial charge in [-0.05, 0) is 54.2 Å². The number of carbonyl (C=O) groups excluding carboxylic acids is 2. The van der Waals surface area contributed by atoms with Crippen molar-refractivity contribution in [2.75, 3.05) is 5.32 Å². The normalized spacial score (nSPS) is 16.3. The molecule has 0 bridgehead atoms. The van der Waals surface area contributed by atoms with Gasteiger partial charge in [0.15, 0.2) is 0 Å². The van der Waals surface area contributed by atoms with E-state index in [2.05, 4.69) is 15.6 Å². The number of pyridine rings is 1. The summed E-state index contributed by atoms with van der Waals surface area (Å²) in [5.41, 5.74) is 3.15. The lowest BCUT2D eigenvalue weighted by Crippen LogP contribution is -2.50. The Kier molecular flexibility index (Phi) is 10.8. The van der Waals surface area contributed by atoms with Crippen LogP contribution in [0, 0.1) is 11.8 Å². The molecular weight excluding hydrogens is 514 g/mol. The summed E-state index contributed by atoms with van der Waals surface area (Å²) in [6.45, 7) is 3.71. The van der Waals surface area contributed by atoms with E-state index in [4.69, 9.17) is 0 Å². The number of hydrogen-bond donors (Lipinski definition) is 4. The number of carbonyl (C=O) groups is 2. The number of aliphatic hydroxyl groups excluding tert-OH is 2. The molecule has 0 unspecified atom stereocenters. The van der Waals surface area contributed by atoms with Crippen molar-refractivity contribution in [1.29, 1.82) is 0 Å². The monoisotopic (exact) mass is 555 g/mol. The van der Waals surface area contributed by atoms with Gasteiger partial charge in [0, 0.05) is 29.1 Å². The van der Waals surface area contributed by atoms with Crippen LogP contribution in [0.5, 0.6) is 0 Å². The van der Waals surface area contributed by atoms with Crippen LogP contribution in [0.15, 0.2) is 79.0 Å². The molecule has 1 saturated carbocycles. The number of aliphatic hydroxyl groups is 2. The number of hydrogen-bond acceptors (Lipinski definition) is 5. The fourth-order valence-electron chi connectivity index (χ4n) is 5.47. The number of aromatic nitrogens is 1. The fourth-order valence-corrected chi connectivity index (χ4v) is 5.47. The van der Waals surface area contributed by atoms with Gasteiger partial charge in [0.1, 0.15) is 6.10 Å². The van der Waals surface area contributed by atoms with Crippen molar-refractivity contribution in [3.05, 3.63) is 90.1 Å². The highest BCUT2D eigenvalue weighted by Gasteiger charge is 2.31. The molecule has 7 heteroatoms. The van der Waals surface area contributed by atoms with Crippen LogP contribution in [0.4, 0.5) is 5.69 Å². The summed E-state index contributed by atoms with van der Waals surface area (Å²) in [5, 5.41) is 27.4. The first-order valence-electron chi connectivity index (χ1n) is 14.6. The lowest BCUT2D eigenvalue weighted by Gasteiger charge is -2.33. The molecule has 3 atom stereocenters. The topological polar surface area (TPSA) is 112 Å². The van der Waals surface area contributed by atoms with Crippen molar-refractivity contribution in [2.45, 2.75) is 70.6 Å². The molecule has 7 nitrogen and oxygen atoms in total. The second-order valence-corrected chi connectivity index (χ2v) is 11.2. The van der Waals surface area contributed by atoms with Crippen molar-refractivity contribution in [3.63, 3.8) is 0 Å². The minimum Gasteiger partial charge on any atom is -0.390 e. The molecule has 1 aliphatic rings. The molecule has 0 saturated heterocycles. The number of anilines is 1. The Hall–Kier alpha value is -3.81. The maximum Gasteiger partial charge on any atom is 0.256 e. The standard InChI is InChI=1S/C34H41N3O4/c1-23(2)32(39)33(40)30(22-24-12-4-3-5-13-24)36-31(38)20-19-25-14-6-9-17-28(25)37-34(41)27-16-8-7-15-26(27)29-18-10-11-21-35-29/h6-11,14-21,23-24,30,32-33,39-40H,3-5,12-13,22H2,1-2H3,(H,36,38)(H,37,41)/b20-19+/t30-,32-,33+/m0/s1. The van der Waals surface area contributed by atoms with Gasteiger partial charge in [-0.15, -0.1) is 0 Å². The van der Waals surface area contributed by atoms with Crippen molar-refractivity contribution >= 4 is 23.6 Å². The SMILES string of the molecule is CC(C)[C@H](O)[C@H](O)[C@H](CC1CCCCC1)NC(=O)/C=C/c1ccccc1NC(=O)c1ccccc1-c1ccccn1. The molecule has 0 radical (unpaired) electrons. The molecule has 1 fully saturated rings. The van der Waals surface area contributed by atoms with Crippen molar-refractivity contribution in [1.82, 2.24) is 10.3 Å². The molecule has 216 valence electrons. The summed E-state index contributed by atoms with van der Waals surface area (Å²) in [6, 6.07) is 19.6. The summed E-state index contributed by atoms with van der Waals surface area (Å²) >= 11 is 0. The van der Waals surface area contributed by atoms with Crippen LogP contribution < -0.4 is 10.6 Å². The highest BCUT2D eigenvalue weighted by atomic mass is 16.3. The van der Waals surface area contributed by atoms with Crippen molar-refractivity contribution < 1.29 is 19.8 Å². The van der Waals surface area contributed by atoms with E-state index in [1.807, 2.05) is 68.4 Å². The predicted octanol–water partition coefficient (Wildman–Crippen LogP) is 5.85. The molecule has 2 aromatic carbocycles. The lowest BCUT2D eigenvalue weighted by atomic mass is 9.82. The van der Waals surface area contributed by atoms with Crippen molar-refractivity contribution in [3.8, 4) is 11.3 Å². The molecular formula is C34H41N3O4. The maximum absolute atomic E-state index is 13.3. The van der Waals surface area contributed by atoms with E-state index in [1.165, 1.54) is 12.5 Å². The average molecular weight is 556 g/mol. The molecule has 41 heavy (non-hydrogen) atoms. The van der Waals surface area contributed by atoms with Gasteiger partial charge < -0.3 is 20.8 Å². The zero-order valence-corrected chi connectivity index (χ0v) is 23.9. The average Bonchev–Trinajstić information content (AvgIpc) is 3.00. The van der Waals surface area contributed by atoms with E-state index >= 15 is 0 Å². The smallest absolute Gasteiger partial charge is 0.256 e. The third-order valence-corrected chi connectivity index (χ3v) is 7.82. The Bertz CT molecular complexity index is 1320. The van der Waals surface area contributed by atoms with Crippen LogP contribution in [-0.2, 0) is 4.79 Å². The fraction of sp³-hybridized carbons (Fsp3) is 0.382. The number of benzene rings is 2. The second kappa shape index (κ2) is 14.7. The van der Waals surface area contributed by atoms with Gasteiger partial charge in [0.05, 0.1) is 17.8 Å². The van der Waals surface area contributed by atoms with E-state index in [0.717, 1.165) is 31.2 Å². The first-order valence-corrected chi connectivity index (χ1v) is 14.6. The van der Waals surface area contributed by atoms with E-state index in [9.17, 15) is 19.8 Å². The van der Waals surface area contributed by atoms with Crippen LogP contribution in [0.2, 0.25) is 0 Å². The van der Waals surface area contributed by atoms with E-state index in [1.54, 1.807) is 24.4 Å². The summed E-state index contributed by atoms with van der Waals surface area (Å²) in [7, 11) is 0. The van der Waals surface area contributed by atoms with Crippen LogP contribution in [0.3, 0.4) is 0 Å². The molecule has 4 rings (SSSR count). The lowest BCUT2D eigenvalue weighted by molar-refractivity contribution is -0.119. The molecule has 0 aliphatic heterocycles. The Morgan fingerprint density at radius 2 is 1.63 bits per heavy atom. The summed E-state index contributed by atoms with van der Waals surface area (Å²) < 4.78 is 0. The molecule has 2 amide bonds. The molecule has 3 aromatic rings. The predicted molar refractivity (Wildman–Crippen MR) is 163 cm³/mol. The number of nitrogens with one attached hydrogen (secondary N) is 2. The quantitative estimate of drug-likeness (QED) is 0.222. The Labute approximate surface area is 242 Å². The highest BCUT2D eigenvalue weighted by molar-refractivity contribution is 6.09. The minimum atomic E-state index is -1.06. The highest BCUT2D eigenvalue weighted by Crippen LogP contribution is 2.29. The first-order chi connectivity index (χ1) is 19.8. The Balaban J connectivity index is 1.48. The van der Waals surface area contributed by atoms with Crippen LogP contribution in [-0.4, -0.2) is 45.3 Å². The molecule has 1 heterocycles. The molecule has 0 spiro atoms. The van der Waals surface area contributed by atoms with Gasteiger partial charge in [-0.2, -0.15) is 0 Å². The zero-order valence-electron chi connectivity index (χ0n) is 23.9. The largest absolute Gasteiger partial charge is 0.390 e. The van der Waals surface area contributed by atoms with Crippen LogP contribution >= 0.6 is 0 Å². The Morgan fingerprint density at radius 1 is 0.927 bits per heavy atom. The Morgan fingerprint density at radius 3 is 2.37 bits per heavy atom. The van der Waals surface area contributed by atoms with Crippen LogP contribution in [0.25, 0.3) is 17.3 Å². The van der Waals surface area contributed by atoms with E-state index in [0.29, 0.717) is 34.8 Å². The van der Waals surface area contributed by atoms with Gasteiger partial charge >= 0.3 is 0 Å². The second-order valence-electron chi connectivity index (χ2n) is 11.2. The van der Waals surface area contributed by atoms with Gasteiger partial charge in [-0.3, -0.25) is 14.6 Å². The first kappa shape index (κ1) is 30.2. The van der Waals surface area contributed by atoms with Crippen molar-refractivity contribution in [2.24, 2.45) is 11.8 Å². The number of rotatable bonds is 11. The summed E-state index contributed by atoms with van der Waals surface area (Å²) in [5.74, 6) is -0.362. The molecule has 1 aliphatic carbocycles. The third kappa shape index (κ3) is 8.35. The minimum absolute atomic E-state index is 0.135. The molecule has 1 aromatic heterocycles. The number of para-hydroxylation sites is 1. The van der Waals surface area contributed by atoms with Crippen LogP contribution in [0.1, 0.15) is 68.3 Å². The third-order valence-electron chi connectivity index (χ3n) is 7.82. The number of nitrogens with zero attached hydrogens (tertiary/aromatic N) is 1. The number of amides is 2. The van der Waals surface area contributed by atoms with Gasteiger partial charge in [-0.25, -0.2) is 0 Å². The van der Waals surface area contributed by atoms with E-state index < -0.39 is 18.2 Å². The van der Waals surface area contributed by atoms with Gasteiger partial charge in [0.2, 0.25) is 5.91 Å². The van der Waals surface area contributed by atoms with Gasteiger partial charge in [0.25, 0.3) is 5.91 Å². The summed E-state index contributed by atoms with van der Waals surface area (Å²) in [6.07, 6.45) is 9.08. The van der Waals surface area contributed by atoms with E-state index in [-0.39, 0.29) is 17.7 Å².